The van der Waals surface area contributed by atoms with Gasteiger partial charge in [-0.05, 0) is 19.8 Å². The Labute approximate surface area is 242 Å². The number of amides is 1. The van der Waals surface area contributed by atoms with E-state index >= 15 is 0 Å². The second-order valence-electron chi connectivity index (χ2n) is 10.2. The van der Waals surface area contributed by atoms with E-state index < -0.39 is 27.9 Å². The number of hydrogen-bond acceptors (Lipinski definition) is 9. The molecule has 13 heteroatoms. The Kier molecular flexibility index (Phi) is 21.8. The zero-order valence-electron chi connectivity index (χ0n) is 25.0. The largest absolute Gasteiger partial charge is 0.474 e. The lowest BCUT2D eigenvalue weighted by Crippen LogP contribution is -2.28. The van der Waals surface area contributed by atoms with Crippen molar-refractivity contribution in [2.24, 2.45) is 0 Å². The van der Waals surface area contributed by atoms with E-state index in [9.17, 15) is 18.8 Å². The third-order valence-corrected chi connectivity index (χ3v) is 9.27. The maximum absolute atomic E-state index is 12.4. The van der Waals surface area contributed by atoms with Gasteiger partial charge >= 0.3 is 15.6 Å². The molecule has 1 amide bonds. The van der Waals surface area contributed by atoms with Gasteiger partial charge in [0.1, 0.15) is 12.2 Å². The molecule has 0 saturated carbocycles. The Bertz CT molecular complexity index is 742. The summed E-state index contributed by atoms with van der Waals surface area (Å²) in [4.78, 5) is 21.9. The van der Waals surface area contributed by atoms with Gasteiger partial charge in [-0.1, -0.05) is 84.0 Å². The van der Waals surface area contributed by atoms with Crippen molar-refractivity contribution < 1.29 is 46.2 Å². The number of unbranched alkanes of at least 4 members (excludes halogenated alkanes) is 12. The topological polar surface area (TPSA) is 139 Å². The molecule has 1 fully saturated rings. The molecule has 0 aromatic carbocycles. The Hall–Kier alpha value is -0.350. The molecule has 0 aromatic rings. The quantitative estimate of drug-likeness (QED) is 0.0728. The molecule has 0 spiro atoms. The summed E-state index contributed by atoms with van der Waals surface area (Å²) < 4.78 is 55.4. The summed E-state index contributed by atoms with van der Waals surface area (Å²) in [5.74, 6) is -0.0173. The first-order valence-electron chi connectivity index (χ1n) is 15.2. The van der Waals surface area contributed by atoms with Gasteiger partial charge in [-0.15, -0.1) is 0 Å². The fourth-order valence-corrected chi connectivity index (χ4v) is 6.34. The van der Waals surface area contributed by atoms with Gasteiger partial charge in [0.25, 0.3) is 0 Å². The summed E-state index contributed by atoms with van der Waals surface area (Å²) in [7, 11) is -6.85. The van der Waals surface area contributed by atoms with Crippen LogP contribution in [0.5, 0.6) is 0 Å². The van der Waals surface area contributed by atoms with Gasteiger partial charge in [-0.25, -0.2) is 9.13 Å². The highest BCUT2D eigenvalue weighted by Crippen LogP contribution is 2.51. The minimum absolute atomic E-state index is 0.0173. The number of ether oxygens (including phenoxy) is 1. The van der Waals surface area contributed by atoms with Crippen LogP contribution in [0.25, 0.3) is 0 Å². The number of rotatable bonds is 27. The molecule has 0 aromatic heterocycles. The molecular weight excluding hydrogens is 560 g/mol. The number of phosphoric ester groups is 2. The molecule has 0 aliphatic carbocycles. The van der Waals surface area contributed by atoms with Crippen molar-refractivity contribution in [3.63, 3.8) is 0 Å². The Morgan fingerprint density at radius 3 is 2.05 bits per heavy atom. The summed E-state index contributed by atoms with van der Waals surface area (Å²) in [6.07, 6.45) is 16.3. The van der Waals surface area contributed by atoms with Crippen LogP contribution in [0.4, 0.5) is 0 Å². The predicted octanol–water partition coefficient (Wildman–Crippen LogP) is 7.07. The normalized spacial score (nSPS) is 20.3. The average molecular weight is 616 g/mol. The molecule has 40 heavy (non-hydrogen) atoms. The molecular formula is C27H55NO10P2. The van der Waals surface area contributed by atoms with Crippen LogP contribution >= 0.6 is 15.6 Å². The second-order valence-corrected chi connectivity index (χ2v) is 13.4. The first-order chi connectivity index (χ1) is 19.2. The lowest BCUT2D eigenvalue weighted by atomic mass is 10.0. The zero-order chi connectivity index (χ0) is 29.5. The van der Waals surface area contributed by atoms with E-state index in [-0.39, 0.29) is 25.7 Å². The fraction of sp³-hybridized carbons (Fsp3) is 0.963. The van der Waals surface area contributed by atoms with Crippen molar-refractivity contribution in [3.05, 3.63) is 0 Å². The Morgan fingerprint density at radius 1 is 0.875 bits per heavy atom. The van der Waals surface area contributed by atoms with Crippen LogP contribution in [0.1, 0.15) is 117 Å². The summed E-state index contributed by atoms with van der Waals surface area (Å²) in [5, 5.41) is 2.81. The summed E-state index contributed by atoms with van der Waals surface area (Å²) >= 11 is 0. The molecule has 11 nitrogen and oxygen atoms in total. The van der Waals surface area contributed by atoms with E-state index in [1.807, 2.05) is 0 Å². The molecule has 1 rings (SSSR count). The molecule has 4 atom stereocenters. The number of carbonyl (C=O) groups is 1. The zero-order valence-corrected chi connectivity index (χ0v) is 26.8. The van der Waals surface area contributed by atoms with Gasteiger partial charge in [0.15, 0.2) is 0 Å². The van der Waals surface area contributed by atoms with E-state index in [0.717, 1.165) is 12.8 Å². The highest BCUT2D eigenvalue weighted by atomic mass is 31.2. The predicted molar refractivity (Wildman–Crippen MR) is 155 cm³/mol. The van der Waals surface area contributed by atoms with Crippen LogP contribution < -0.4 is 5.32 Å². The highest BCUT2D eigenvalue weighted by molar-refractivity contribution is 7.48. The van der Waals surface area contributed by atoms with Crippen molar-refractivity contribution in [2.45, 2.75) is 129 Å². The molecule has 0 radical (unpaired) electrons. The van der Waals surface area contributed by atoms with Gasteiger partial charge in [-0.2, -0.15) is 0 Å². The van der Waals surface area contributed by atoms with Gasteiger partial charge < -0.3 is 14.9 Å². The lowest BCUT2D eigenvalue weighted by molar-refractivity contribution is -0.121. The van der Waals surface area contributed by atoms with Gasteiger partial charge in [0.05, 0.1) is 19.8 Å². The molecule has 2 N–H and O–H groups in total. The number of nitrogens with one attached hydrogen (secondary N) is 1. The SMILES string of the molecule is CCCCCCCCCCCCCCCC(=O)NCCCOP(=O)(O)OCC1OCCC1OP(=O)(OC)OCC. The van der Waals surface area contributed by atoms with Crippen LogP contribution in [-0.2, 0) is 41.3 Å². The molecule has 4 unspecified atom stereocenters. The highest BCUT2D eigenvalue weighted by Gasteiger charge is 2.38. The van der Waals surface area contributed by atoms with Gasteiger partial charge in [0, 0.05) is 33.1 Å². The maximum Gasteiger partial charge on any atom is 0.474 e. The van der Waals surface area contributed by atoms with Crippen LogP contribution in [0.3, 0.4) is 0 Å². The number of hydrogen-bond donors (Lipinski definition) is 2. The summed E-state index contributed by atoms with van der Waals surface area (Å²) in [6, 6.07) is 0. The van der Waals surface area contributed by atoms with E-state index in [1.54, 1.807) is 6.92 Å². The van der Waals surface area contributed by atoms with Crippen molar-refractivity contribution in [3.8, 4) is 0 Å². The average Bonchev–Trinajstić information content (AvgIpc) is 3.36. The van der Waals surface area contributed by atoms with Crippen LogP contribution in [-0.4, -0.2) is 63.1 Å². The standard InChI is InChI=1S/C27H55NO10P2/c1-4-6-7-8-9-10-11-12-13-14-15-16-17-19-27(29)28-21-18-22-36-39(30,31)37-24-26-25(20-23-34-26)38-40(32,33-3)35-5-2/h25-26H,4-24H2,1-3H3,(H,28,29)(H,30,31). The van der Waals surface area contributed by atoms with Crippen molar-refractivity contribution in [1.29, 1.82) is 0 Å². The molecule has 1 aliphatic rings. The maximum atomic E-state index is 12.4. The first kappa shape index (κ1) is 37.7. The Morgan fingerprint density at radius 2 is 1.48 bits per heavy atom. The van der Waals surface area contributed by atoms with E-state index in [4.69, 9.17) is 27.4 Å². The van der Waals surface area contributed by atoms with Crippen molar-refractivity contribution >= 4 is 21.6 Å². The van der Waals surface area contributed by atoms with E-state index in [2.05, 4.69) is 12.2 Å². The number of carbonyl (C=O) groups excluding carboxylic acids is 1. The molecule has 1 aliphatic heterocycles. The van der Waals surface area contributed by atoms with Crippen molar-refractivity contribution in [1.82, 2.24) is 5.32 Å². The van der Waals surface area contributed by atoms with E-state index in [1.165, 1.54) is 77.7 Å². The second kappa shape index (κ2) is 23.1. The third kappa shape index (κ3) is 19.0. The van der Waals surface area contributed by atoms with Gasteiger partial charge in [-0.3, -0.25) is 27.4 Å². The molecule has 1 saturated heterocycles. The van der Waals surface area contributed by atoms with E-state index in [0.29, 0.717) is 32.4 Å². The molecule has 0 bridgehead atoms. The van der Waals surface area contributed by atoms with Crippen LogP contribution in [0.2, 0.25) is 0 Å². The summed E-state index contributed by atoms with van der Waals surface area (Å²) in [5.41, 5.74) is 0. The van der Waals surface area contributed by atoms with Crippen LogP contribution in [0.15, 0.2) is 0 Å². The smallest absolute Gasteiger partial charge is 0.373 e. The van der Waals surface area contributed by atoms with Gasteiger partial charge in [0.2, 0.25) is 5.91 Å². The molecule has 238 valence electrons. The first-order valence-corrected chi connectivity index (χ1v) is 18.2. The third-order valence-electron chi connectivity index (χ3n) is 6.73. The molecule has 1 heterocycles. The lowest BCUT2D eigenvalue weighted by Gasteiger charge is -2.23. The minimum atomic E-state index is -4.33. The Balaban J connectivity index is 2.03. The van der Waals surface area contributed by atoms with Crippen molar-refractivity contribution in [2.75, 3.05) is 40.1 Å². The summed E-state index contributed by atoms with van der Waals surface area (Å²) in [6.45, 7) is 4.36. The number of phosphoric acid groups is 2. The monoisotopic (exact) mass is 615 g/mol. The van der Waals surface area contributed by atoms with Crippen LogP contribution in [0, 0.1) is 0 Å². The minimum Gasteiger partial charge on any atom is -0.373 e. The fourth-order valence-electron chi connectivity index (χ4n) is 4.43.